The minimum atomic E-state index is -4.81. The van der Waals surface area contributed by atoms with Gasteiger partial charge in [0.15, 0.2) is 11.9 Å². The third-order valence-corrected chi connectivity index (χ3v) is 10.9. The SMILES string of the molecule is CCCCCCCCCCCCCCCCCCCCCC(=O)OC[C@H](COP(=O)(O)O)OC(=O)CCC/C=C\C[C@H]1C=CC(=O)[C@@H]1/C=C/[C@@H](O)CCCCC. The second-order valence-electron chi connectivity index (χ2n) is 15.7. The summed E-state index contributed by atoms with van der Waals surface area (Å²) < 4.78 is 26.4. The molecule has 0 aromatic carbocycles. The molecular weight excluding hydrogens is 731 g/mol. The second-order valence-corrected chi connectivity index (χ2v) is 16.9. The van der Waals surface area contributed by atoms with Crippen molar-refractivity contribution in [3.05, 3.63) is 36.5 Å². The van der Waals surface area contributed by atoms with Crippen LogP contribution in [-0.2, 0) is 32.9 Å². The van der Waals surface area contributed by atoms with E-state index in [0.717, 1.165) is 38.5 Å². The summed E-state index contributed by atoms with van der Waals surface area (Å²) in [5, 5.41) is 10.2. The number of carbonyl (C=O) groups is 3. The van der Waals surface area contributed by atoms with E-state index in [1.807, 2.05) is 24.3 Å². The third kappa shape index (κ3) is 31.0. The molecule has 0 unspecified atom stereocenters. The first-order valence-corrected chi connectivity index (χ1v) is 23.9. The summed E-state index contributed by atoms with van der Waals surface area (Å²) in [7, 11) is -4.81. The first-order chi connectivity index (χ1) is 27.1. The molecule has 3 N–H and O–H groups in total. The number of phosphoric acid groups is 1. The number of phosphoric ester groups is 1. The average Bonchev–Trinajstić information content (AvgIpc) is 3.52. The van der Waals surface area contributed by atoms with Gasteiger partial charge < -0.3 is 24.4 Å². The van der Waals surface area contributed by atoms with E-state index < -0.39 is 38.6 Å². The van der Waals surface area contributed by atoms with Crippen LogP contribution in [0.5, 0.6) is 0 Å². The van der Waals surface area contributed by atoms with Gasteiger partial charge in [-0.2, -0.15) is 0 Å². The number of hydrogen-bond donors (Lipinski definition) is 3. The van der Waals surface area contributed by atoms with Crippen molar-refractivity contribution < 1.29 is 47.8 Å². The average molecular weight is 811 g/mol. The summed E-state index contributed by atoms with van der Waals surface area (Å²) in [6, 6.07) is 0. The molecule has 0 aromatic rings. The van der Waals surface area contributed by atoms with E-state index in [1.165, 1.54) is 96.3 Å². The topological polar surface area (TPSA) is 157 Å². The van der Waals surface area contributed by atoms with Crippen molar-refractivity contribution in [3.8, 4) is 0 Å². The van der Waals surface area contributed by atoms with Crippen molar-refractivity contribution in [1.29, 1.82) is 0 Å². The Balaban J connectivity index is 2.19. The van der Waals surface area contributed by atoms with Gasteiger partial charge in [0, 0.05) is 18.8 Å². The Labute approximate surface area is 339 Å². The normalized spacial score (nSPS) is 17.0. The fourth-order valence-electron chi connectivity index (χ4n) is 6.95. The summed E-state index contributed by atoms with van der Waals surface area (Å²) in [4.78, 5) is 55.4. The fourth-order valence-corrected chi connectivity index (χ4v) is 7.31. The van der Waals surface area contributed by atoms with Gasteiger partial charge in [-0.15, -0.1) is 0 Å². The van der Waals surface area contributed by atoms with Gasteiger partial charge in [0.2, 0.25) is 0 Å². The van der Waals surface area contributed by atoms with Gasteiger partial charge in [-0.25, -0.2) is 4.57 Å². The highest BCUT2D eigenvalue weighted by Gasteiger charge is 2.27. The van der Waals surface area contributed by atoms with Crippen LogP contribution in [0, 0.1) is 11.8 Å². The lowest BCUT2D eigenvalue weighted by Crippen LogP contribution is -2.29. The lowest BCUT2D eigenvalue weighted by Gasteiger charge is -2.18. The molecule has 0 radical (unpaired) electrons. The molecule has 0 fully saturated rings. The summed E-state index contributed by atoms with van der Waals surface area (Å²) in [5.41, 5.74) is 0. The van der Waals surface area contributed by atoms with Crippen LogP contribution in [0.25, 0.3) is 0 Å². The van der Waals surface area contributed by atoms with Crippen molar-refractivity contribution in [1.82, 2.24) is 0 Å². The highest BCUT2D eigenvalue weighted by Crippen LogP contribution is 2.36. The molecule has 1 aliphatic carbocycles. The zero-order chi connectivity index (χ0) is 41.1. The molecule has 4 atom stereocenters. The monoisotopic (exact) mass is 811 g/mol. The van der Waals surface area contributed by atoms with Crippen LogP contribution in [-0.4, -0.2) is 58.0 Å². The number of rotatable bonds is 38. The zero-order valence-corrected chi connectivity index (χ0v) is 36.0. The molecule has 11 heteroatoms. The van der Waals surface area contributed by atoms with E-state index in [-0.39, 0.29) is 37.1 Å². The molecule has 1 aliphatic rings. The first kappa shape index (κ1) is 51.9. The Morgan fingerprint density at radius 1 is 0.714 bits per heavy atom. The Hall–Kier alpha value is -2.10. The molecular formula is C45H79O10P. The smallest absolute Gasteiger partial charge is 0.462 e. The van der Waals surface area contributed by atoms with Crippen LogP contribution < -0.4 is 0 Å². The van der Waals surface area contributed by atoms with Crippen molar-refractivity contribution in [2.24, 2.45) is 11.8 Å². The van der Waals surface area contributed by atoms with Gasteiger partial charge in [0.25, 0.3) is 0 Å². The number of ether oxygens (including phenoxy) is 2. The number of aliphatic hydroxyl groups excluding tert-OH is 1. The van der Waals surface area contributed by atoms with Gasteiger partial charge in [0.1, 0.15) is 6.61 Å². The molecule has 0 aliphatic heterocycles. The summed E-state index contributed by atoms with van der Waals surface area (Å²) >= 11 is 0. The van der Waals surface area contributed by atoms with Crippen LogP contribution in [0.1, 0.15) is 194 Å². The standard InChI is InChI=1S/C45H79O10P/c1-3-5-7-8-9-10-11-12-13-14-15-16-17-18-19-20-21-22-27-31-44(48)53-37-41(38-54-56(50,51)52)55-45(49)32-28-24-23-26-29-39-33-36-43(47)42(39)35-34-40(46)30-25-6-4-2/h23,26,33-36,39-42,46H,3-22,24-25,27-32,37-38H2,1-2H3,(H2,50,51,52)/b26-23-,35-34+/t39-,40-,41+,42+/m0/s1. The lowest BCUT2D eigenvalue weighted by molar-refractivity contribution is -0.161. The van der Waals surface area contributed by atoms with Gasteiger partial charge in [-0.05, 0) is 44.1 Å². The summed E-state index contributed by atoms with van der Waals surface area (Å²) in [6.07, 6.45) is 39.2. The number of esters is 2. The van der Waals surface area contributed by atoms with Crippen molar-refractivity contribution >= 4 is 25.5 Å². The largest absolute Gasteiger partial charge is 0.469 e. The Morgan fingerprint density at radius 2 is 1.23 bits per heavy atom. The van der Waals surface area contributed by atoms with E-state index in [0.29, 0.717) is 32.1 Å². The van der Waals surface area contributed by atoms with Gasteiger partial charge >= 0.3 is 19.8 Å². The molecule has 0 aromatic heterocycles. The zero-order valence-electron chi connectivity index (χ0n) is 35.1. The van der Waals surface area contributed by atoms with E-state index in [9.17, 15) is 24.1 Å². The molecule has 0 spiro atoms. The second kappa shape index (κ2) is 34.9. The van der Waals surface area contributed by atoms with Crippen LogP contribution in [0.3, 0.4) is 0 Å². The van der Waals surface area contributed by atoms with E-state index >= 15 is 0 Å². The quantitative estimate of drug-likeness (QED) is 0.0237. The maximum absolute atomic E-state index is 12.5. The number of hydrogen-bond acceptors (Lipinski definition) is 8. The number of carbonyl (C=O) groups excluding carboxylic acids is 3. The maximum atomic E-state index is 12.5. The van der Waals surface area contributed by atoms with Gasteiger partial charge in [-0.1, -0.05) is 179 Å². The van der Waals surface area contributed by atoms with Crippen molar-refractivity contribution in [3.63, 3.8) is 0 Å². The molecule has 0 heterocycles. The van der Waals surface area contributed by atoms with Gasteiger partial charge in [-0.3, -0.25) is 18.9 Å². The molecule has 0 amide bonds. The van der Waals surface area contributed by atoms with Crippen LogP contribution in [0.15, 0.2) is 36.5 Å². The molecule has 324 valence electrons. The molecule has 1 rings (SSSR count). The fraction of sp³-hybridized carbons (Fsp3) is 0.800. The van der Waals surface area contributed by atoms with E-state index in [2.05, 4.69) is 18.4 Å². The van der Waals surface area contributed by atoms with E-state index in [4.69, 9.17) is 19.3 Å². The Morgan fingerprint density at radius 3 is 1.79 bits per heavy atom. The minimum Gasteiger partial charge on any atom is -0.462 e. The number of aliphatic hydroxyl groups is 1. The molecule has 0 bridgehead atoms. The predicted molar refractivity (Wildman–Crippen MR) is 225 cm³/mol. The van der Waals surface area contributed by atoms with Gasteiger partial charge in [0.05, 0.1) is 12.7 Å². The minimum absolute atomic E-state index is 0.0176. The first-order valence-electron chi connectivity index (χ1n) is 22.3. The highest BCUT2D eigenvalue weighted by molar-refractivity contribution is 7.46. The summed E-state index contributed by atoms with van der Waals surface area (Å²) in [5.74, 6) is -1.26. The van der Waals surface area contributed by atoms with E-state index in [1.54, 1.807) is 12.2 Å². The third-order valence-electron chi connectivity index (χ3n) is 10.4. The van der Waals surface area contributed by atoms with Crippen LogP contribution in [0.2, 0.25) is 0 Å². The summed E-state index contributed by atoms with van der Waals surface area (Å²) in [6.45, 7) is 3.44. The molecule has 0 saturated carbocycles. The number of allylic oxidation sites excluding steroid dienone is 5. The van der Waals surface area contributed by atoms with Crippen molar-refractivity contribution in [2.75, 3.05) is 13.2 Å². The Kier molecular flexibility index (Phi) is 32.4. The number of unbranched alkanes of at least 4 members (excludes halogenated alkanes) is 21. The molecule has 10 nitrogen and oxygen atoms in total. The van der Waals surface area contributed by atoms with Crippen LogP contribution >= 0.6 is 7.82 Å². The number of ketones is 1. The van der Waals surface area contributed by atoms with Crippen LogP contribution in [0.4, 0.5) is 0 Å². The lowest BCUT2D eigenvalue weighted by atomic mass is 9.90. The Bertz CT molecular complexity index is 1150. The highest BCUT2D eigenvalue weighted by atomic mass is 31.2. The molecule has 56 heavy (non-hydrogen) atoms. The van der Waals surface area contributed by atoms with Crippen molar-refractivity contribution in [2.45, 2.75) is 206 Å². The predicted octanol–water partition coefficient (Wildman–Crippen LogP) is 11.4. The molecule has 0 saturated heterocycles. The maximum Gasteiger partial charge on any atom is 0.469 e.